The van der Waals surface area contributed by atoms with Gasteiger partial charge in [-0.3, -0.25) is 15.0 Å². The molecule has 5 aliphatic heterocycles. The lowest BCUT2D eigenvalue weighted by Gasteiger charge is -2.60. The predicted molar refractivity (Wildman–Crippen MR) is 165 cm³/mol. The lowest BCUT2D eigenvalue weighted by molar-refractivity contribution is -0.144. The molecule has 2 bridgehead atoms. The van der Waals surface area contributed by atoms with E-state index < -0.39 is 48.9 Å². The van der Waals surface area contributed by atoms with Crippen molar-refractivity contribution in [3.8, 4) is 0 Å². The zero-order chi connectivity index (χ0) is 32.2. The fraction of sp³-hybridized carbons (Fsp3) is 0.879. The van der Waals surface area contributed by atoms with E-state index in [9.17, 15) is 9.59 Å². The van der Waals surface area contributed by atoms with Crippen molar-refractivity contribution in [1.29, 1.82) is 0 Å². The number of nitrogens with one attached hydrogen (secondary N) is 3. The Kier molecular flexibility index (Phi) is 9.77. The van der Waals surface area contributed by atoms with Gasteiger partial charge in [-0.2, -0.15) is 0 Å². The first-order valence-corrected chi connectivity index (χ1v) is 17.3. The minimum absolute atomic E-state index is 0.0258. The van der Waals surface area contributed by atoms with E-state index in [0.717, 1.165) is 19.4 Å². The Morgan fingerprint density at radius 1 is 1.02 bits per heavy atom. The average Bonchev–Trinajstić information content (AvgIpc) is 3.00. The molecule has 1 saturated carbocycles. The zero-order valence-corrected chi connectivity index (χ0v) is 27.2. The van der Waals surface area contributed by atoms with Gasteiger partial charge in [0.1, 0.15) is 18.5 Å². The number of rotatable bonds is 3. The molecule has 0 aromatic carbocycles. The number of ether oxygens (including phenoxy) is 1. The Hall–Kier alpha value is -1.89. The highest BCUT2D eigenvalue weighted by Crippen LogP contribution is 2.44. The summed E-state index contributed by atoms with van der Waals surface area (Å²) in [6, 6.07) is -1.56. The fourth-order valence-electron chi connectivity index (χ4n) is 9.65. The number of halogens is 3. The summed E-state index contributed by atoms with van der Waals surface area (Å²) in [5.41, 5.74) is 0. The average molecular weight is 639 g/mol. The summed E-state index contributed by atoms with van der Waals surface area (Å²) >= 11 is 0. The van der Waals surface area contributed by atoms with Gasteiger partial charge in [0.05, 0.1) is 24.5 Å². The molecule has 0 radical (unpaired) electrons. The van der Waals surface area contributed by atoms with Crippen molar-refractivity contribution in [3.63, 3.8) is 0 Å². The first-order valence-electron chi connectivity index (χ1n) is 17.3. The van der Waals surface area contributed by atoms with Crippen molar-refractivity contribution in [2.45, 2.75) is 133 Å². The SMILES string of the molecule is C=CC(=O)N1C[C@H](C)N(C2NC(=O)N3C4NC(C(F)CC42)C2C(F)CCC(F)C2OCCCC2CCNC(C(C)C)C23)C[C@H]1C. The highest BCUT2D eigenvalue weighted by atomic mass is 19.1. The first-order chi connectivity index (χ1) is 21.5. The van der Waals surface area contributed by atoms with Gasteiger partial charge in [0, 0.05) is 55.7 Å². The van der Waals surface area contributed by atoms with Gasteiger partial charge >= 0.3 is 6.03 Å². The molecule has 254 valence electrons. The van der Waals surface area contributed by atoms with Crippen LogP contribution in [-0.2, 0) is 9.53 Å². The topological polar surface area (TPSA) is 89.2 Å². The third-order valence-electron chi connectivity index (χ3n) is 11.8. The summed E-state index contributed by atoms with van der Waals surface area (Å²) in [5.74, 6) is -1.06. The number of nitrogens with zero attached hydrogens (tertiary/aromatic N) is 3. The number of urea groups is 1. The molecule has 14 atom stereocenters. The molecule has 0 spiro atoms. The largest absolute Gasteiger partial charge is 0.375 e. The summed E-state index contributed by atoms with van der Waals surface area (Å²) in [4.78, 5) is 32.9. The molecule has 6 fully saturated rings. The number of piperidine rings is 2. The Bertz CT molecular complexity index is 1100. The van der Waals surface area contributed by atoms with Gasteiger partial charge in [0.15, 0.2) is 0 Å². The maximum Gasteiger partial charge on any atom is 0.320 e. The monoisotopic (exact) mass is 638 g/mol. The summed E-state index contributed by atoms with van der Waals surface area (Å²) in [7, 11) is 0. The normalized spacial score (nSPS) is 46.3. The molecule has 6 rings (SSSR count). The van der Waals surface area contributed by atoms with Crippen LogP contribution in [0.4, 0.5) is 18.0 Å². The van der Waals surface area contributed by atoms with E-state index in [0.29, 0.717) is 19.5 Å². The van der Waals surface area contributed by atoms with Gasteiger partial charge in [-0.05, 0) is 76.8 Å². The van der Waals surface area contributed by atoms with Gasteiger partial charge < -0.3 is 25.2 Å². The maximum absolute atomic E-state index is 16.6. The molecule has 3 N–H and O–H groups in total. The van der Waals surface area contributed by atoms with Crippen LogP contribution in [0.25, 0.3) is 0 Å². The Balaban J connectivity index is 1.39. The number of carbonyl (C=O) groups excluding carboxylic acids is 2. The second-order valence-corrected chi connectivity index (χ2v) is 14.9. The zero-order valence-electron chi connectivity index (χ0n) is 27.2. The summed E-state index contributed by atoms with van der Waals surface area (Å²) in [5, 5.41) is 10.5. The minimum Gasteiger partial charge on any atom is -0.375 e. The van der Waals surface area contributed by atoms with Gasteiger partial charge in [-0.25, -0.2) is 18.0 Å². The molecule has 12 unspecified atom stereocenters. The number of hydrogen-bond acceptors (Lipinski definition) is 6. The fourth-order valence-corrected chi connectivity index (χ4v) is 9.65. The molecule has 9 nitrogen and oxygen atoms in total. The molecule has 6 aliphatic rings. The molecular weight excluding hydrogens is 585 g/mol. The first kappa shape index (κ1) is 33.0. The summed E-state index contributed by atoms with van der Waals surface area (Å²) in [6.07, 6.45) is -2.42. The van der Waals surface area contributed by atoms with E-state index in [1.54, 1.807) is 4.90 Å². The van der Waals surface area contributed by atoms with Crippen LogP contribution in [0.1, 0.15) is 66.2 Å². The number of carbonyl (C=O) groups is 2. The van der Waals surface area contributed by atoms with E-state index in [1.807, 2.05) is 18.7 Å². The van der Waals surface area contributed by atoms with E-state index in [4.69, 9.17) is 4.74 Å². The predicted octanol–water partition coefficient (Wildman–Crippen LogP) is 3.36. The maximum atomic E-state index is 16.6. The van der Waals surface area contributed by atoms with E-state index >= 15 is 13.2 Å². The van der Waals surface area contributed by atoms with Crippen LogP contribution in [-0.4, -0.2) is 120 Å². The molecule has 0 aromatic heterocycles. The second-order valence-electron chi connectivity index (χ2n) is 14.9. The van der Waals surface area contributed by atoms with Crippen molar-refractivity contribution in [1.82, 2.24) is 30.7 Å². The van der Waals surface area contributed by atoms with Crippen LogP contribution in [0.15, 0.2) is 12.7 Å². The second kappa shape index (κ2) is 13.3. The Morgan fingerprint density at radius 2 is 1.78 bits per heavy atom. The van der Waals surface area contributed by atoms with Gasteiger partial charge in [-0.1, -0.05) is 20.4 Å². The number of hydrogen-bond donors (Lipinski definition) is 3. The van der Waals surface area contributed by atoms with E-state index in [1.165, 1.54) is 6.08 Å². The molecule has 45 heavy (non-hydrogen) atoms. The van der Waals surface area contributed by atoms with Crippen molar-refractivity contribution in [3.05, 3.63) is 12.7 Å². The summed E-state index contributed by atoms with van der Waals surface area (Å²) in [6.45, 7) is 14.1. The molecule has 0 aromatic rings. The van der Waals surface area contributed by atoms with E-state index in [-0.39, 0.29) is 79.7 Å². The molecule has 1 aliphatic carbocycles. The van der Waals surface area contributed by atoms with Crippen molar-refractivity contribution < 1.29 is 27.5 Å². The van der Waals surface area contributed by atoms with Gasteiger partial charge in [0.25, 0.3) is 0 Å². The van der Waals surface area contributed by atoms with Crippen LogP contribution >= 0.6 is 0 Å². The molecule has 5 saturated heterocycles. The molecular formula is C33H53F3N6O3. The Morgan fingerprint density at radius 3 is 2.51 bits per heavy atom. The highest BCUT2D eigenvalue weighted by molar-refractivity contribution is 5.87. The third kappa shape index (κ3) is 6.02. The van der Waals surface area contributed by atoms with Gasteiger partial charge in [-0.15, -0.1) is 0 Å². The van der Waals surface area contributed by atoms with Crippen LogP contribution in [0.3, 0.4) is 0 Å². The van der Waals surface area contributed by atoms with Crippen LogP contribution in [0, 0.1) is 23.7 Å². The number of alkyl halides is 3. The number of amides is 3. The van der Waals surface area contributed by atoms with E-state index in [2.05, 4.69) is 41.3 Å². The smallest absolute Gasteiger partial charge is 0.320 e. The molecule has 3 amide bonds. The lowest BCUT2D eigenvalue weighted by Crippen LogP contribution is -2.80. The van der Waals surface area contributed by atoms with Crippen LogP contribution in [0.2, 0.25) is 0 Å². The quantitative estimate of drug-likeness (QED) is 0.411. The number of fused-ring (bicyclic) bond motifs is 5. The third-order valence-corrected chi connectivity index (χ3v) is 11.8. The van der Waals surface area contributed by atoms with Crippen molar-refractivity contribution in [2.75, 3.05) is 26.2 Å². The van der Waals surface area contributed by atoms with Crippen LogP contribution in [0.5, 0.6) is 0 Å². The Labute approximate surface area is 266 Å². The standard InChI is InChI=1S/C33H53F3N6O3/c1-6-25(43)40-15-19(5)41(16-18(40)4)31-21-14-24(36)28-26-22(34)9-10-23(35)30(26)45-13-7-8-20-11-12-37-27(17(2)3)29(20)42(32(21)38-28)33(44)39-31/h6,17-24,26-32,37-38H,1,7-16H2,2-5H3,(H,39,44)/t18-,19+,20?,21?,22?,23?,24?,26?,27?,28?,29?,30?,31?,32?/m1/s1. The summed E-state index contributed by atoms with van der Waals surface area (Å²) < 4.78 is 53.9. The molecule has 12 heteroatoms. The van der Waals surface area contributed by atoms with Crippen LogP contribution < -0.4 is 16.0 Å². The van der Waals surface area contributed by atoms with Crippen molar-refractivity contribution in [2.24, 2.45) is 23.7 Å². The minimum atomic E-state index is -1.45. The molecule has 5 heterocycles. The number of piperazine rings is 1. The lowest BCUT2D eigenvalue weighted by atomic mass is 9.72. The van der Waals surface area contributed by atoms with Crippen molar-refractivity contribution >= 4 is 11.9 Å². The highest BCUT2D eigenvalue weighted by Gasteiger charge is 2.58. The van der Waals surface area contributed by atoms with Gasteiger partial charge in [0.2, 0.25) is 5.91 Å².